The maximum atomic E-state index is 13.1. The van der Waals surface area contributed by atoms with E-state index >= 15 is 0 Å². The lowest BCUT2D eigenvalue weighted by Gasteiger charge is -2.28. The van der Waals surface area contributed by atoms with E-state index in [1.807, 2.05) is 0 Å². The SMILES string of the molecule is O=C(NCCCN1CCc2ccccc2C1)c1ccc(F)c(F)c1. The van der Waals surface area contributed by atoms with Gasteiger partial charge in [0.2, 0.25) is 0 Å². The predicted octanol–water partition coefficient (Wildman–Crippen LogP) is 3.14. The van der Waals surface area contributed by atoms with E-state index in [4.69, 9.17) is 0 Å². The van der Waals surface area contributed by atoms with Crippen LogP contribution < -0.4 is 5.32 Å². The summed E-state index contributed by atoms with van der Waals surface area (Å²) < 4.78 is 26.0. The standard InChI is InChI=1S/C19H20F2N2O/c20-17-7-6-15(12-18(17)21)19(24)22-9-3-10-23-11-8-14-4-1-2-5-16(14)13-23/h1-2,4-7,12H,3,8-11,13H2,(H,22,24). The molecule has 0 fully saturated rings. The van der Waals surface area contributed by atoms with Crippen molar-refractivity contribution in [3.8, 4) is 0 Å². The molecule has 1 amide bonds. The number of fused-ring (bicyclic) bond motifs is 1. The van der Waals surface area contributed by atoms with Gasteiger partial charge >= 0.3 is 0 Å². The van der Waals surface area contributed by atoms with Gasteiger partial charge in [0.15, 0.2) is 11.6 Å². The second-order valence-electron chi connectivity index (χ2n) is 6.03. The molecule has 3 nitrogen and oxygen atoms in total. The quantitative estimate of drug-likeness (QED) is 0.854. The monoisotopic (exact) mass is 330 g/mol. The van der Waals surface area contributed by atoms with Gasteiger partial charge in [-0.3, -0.25) is 9.69 Å². The average Bonchev–Trinajstić information content (AvgIpc) is 2.60. The highest BCUT2D eigenvalue weighted by atomic mass is 19.2. The van der Waals surface area contributed by atoms with Gasteiger partial charge in [-0.15, -0.1) is 0 Å². The third kappa shape index (κ3) is 3.97. The van der Waals surface area contributed by atoms with E-state index in [1.165, 1.54) is 17.2 Å². The Morgan fingerprint density at radius 2 is 1.88 bits per heavy atom. The minimum Gasteiger partial charge on any atom is -0.352 e. The maximum Gasteiger partial charge on any atom is 0.251 e. The zero-order chi connectivity index (χ0) is 16.9. The fourth-order valence-electron chi connectivity index (χ4n) is 2.99. The number of nitrogens with one attached hydrogen (secondary N) is 1. The second kappa shape index (κ2) is 7.53. The van der Waals surface area contributed by atoms with Gasteiger partial charge in [0.05, 0.1) is 0 Å². The van der Waals surface area contributed by atoms with E-state index in [2.05, 4.69) is 34.5 Å². The van der Waals surface area contributed by atoms with Crippen LogP contribution in [0.5, 0.6) is 0 Å². The number of carbonyl (C=O) groups is 1. The van der Waals surface area contributed by atoms with E-state index < -0.39 is 11.6 Å². The highest BCUT2D eigenvalue weighted by Crippen LogP contribution is 2.18. The molecule has 2 aromatic rings. The van der Waals surface area contributed by atoms with Gasteiger partial charge in [0.25, 0.3) is 5.91 Å². The lowest BCUT2D eigenvalue weighted by molar-refractivity contribution is 0.0950. The Kier molecular flexibility index (Phi) is 5.20. The molecule has 0 bridgehead atoms. The van der Waals surface area contributed by atoms with Gasteiger partial charge in [-0.05, 0) is 42.2 Å². The first-order valence-electron chi connectivity index (χ1n) is 8.16. The molecule has 3 rings (SSSR count). The smallest absolute Gasteiger partial charge is 0.251 e. The summed E-state index contributed by atoms with van der Waals surface area (Å²) in [5.74, 6) is -2.33. The zero-order valence-electron chi connectivity index (χ0n) is 13.4. The van der Waals surface area contributed by atoms with Crippen molar-refractivity contribution in [1.29, 1.82) is 0 Å². The van der Waals surface area contributed by atoms with E-state index in [0.29, 0.717) is 6.54 Å². The van der Waals surface area contributed by atoms with E-state index in [0.717, 1.165) is 44.6 Å². The Hall–Kier alpha value is -2.27. The van der Waals surface area contributed by atoms with Gasteiger partial charge < -0.3 is 5.32 Å². The van der Waals surface area contributed by atoms with Crippen molar-refractivity contribution < 1.29 is 13.6 Å². The molecule has 0 atom stereocenters. The van der Waals surface area contributed by atoms with Crippen LogP contribution in [0.1, 0.15) is 27.9 Å². The molecule has 0 radical (unpaired) electrons. The molecular weight excluding hydrogens is 310 g/mol. The molecule has 1 N–H and O–H groups in total. The number of carbonyl (C=O) groups excluding carboxylic acids is 1. The van der Waals surface area contributed by atoms with Crippen LogP contribution in [0.2, 0.25) is 0 Å². The summed E-state index contributed by atoms with van der Waals surface area (Å²) in [6.07, 6.45) is 1.87. The highest BCUT2D eigenvalue weighted by Gasteiger charge is 2.15. The number of nitrogens with zero attached hydrogens (tertiary/aromatic N) is 1. The molecule has 0 unspecified atom stereocenters. The predicted molar refractivity (Wildman–Crippen MR) is 88.7 cm³/mol. The molecule has 0 saturated heterocycles. The number of amides is 1. The molecule has 0 saturated carbocycles. The van der Waals surface area contributed by atoms with Gasteiger partial charge in [0, 0.05) is 31.7 Å². The molecular formula is C19H20F2N2O. The van der Waals surface area contributed by atoms with Gasteiger partial charge in [0.1, 0.15) is 0 Å². The molecule has 24 heavy (non-hydrogen) atoms. The van der Waals surface area contributed by atoms with Crippen LogP contribution in [0.25, 0.3) is 0 Å². The summed E-state index contributed by atoms with van der Waals surface area (Å²) in [6.45, 7) is 3.36. The fourth-order valence-corrected chi connectivity index (χ4v) is 2.99. The molecule has 0 aromatic heterocycles. The minimum absolute atomic E-state index is 0.140. The normalized spacial score (nSPS) is 14.2. The summed E-state index contributed by atoms with van der Waals surface area (Å²) in [5.41, 5.74) is 2.93. The van der Waals surface area contributed by atoms with Crippen LogP contribution in [0.3, 0.4) is 0 Å². The largest absolute Gasteiger partial charge is 0.352 e. The third-order valence-corrected chi connectivity index (χ3v) is 4.33. The lowest BCUT2D eigenvalue weighted by atomic mass is 10.00. The van der Waals surface area contributed by atoms with E-state index in [-0.39, 0.29) is 11.5 Å². The van der Waals surface area contributed by atoms with E-state index in [1.54, 1.807) is 0 Å². The van der Waals surface area contributed by atoms with Crippen molar-refractivity contribution >= 4 is 5.91 Å². The van der Waals surface area contributed by atoms with Crippen molar-refractivity contribution in [3.05, 3.63) is 70.8 Å². The van der Waals surface area contributed by atoms with Gasteiger partial charge in [-0.2, -0.15) is 0 Å². The van der Waals surface area contributed by atoms with Crippen LogP contribution in [0.15, 0.2) is 42.5 Å². The number of hydrogen-bond acceptors (Lipinski definition) is 2. The Labute approximate surface area is 140 Å². The first kappa shape index (κ1) is 16.6. The fraction of sp³-hybridized carbons (Fsp3) is 0.316. The molecule has 1 aliphatic heterocycles. The molecule has 1 aliphatic rings. The summed E-state index contributed by atoms with van der Waals surface area (Å²) in [5, 5.41) is 2.75. The Balaban J connectivity index is 1.43. The zero-order valence-corrected chi connectivity index (χ0v) is 13.4. The van der Waals surface area contributed by atoms with Crippen molar-refractivity contribution in [2.24, 2.45) is 0 Å². The highest BCUT2D eigenvalue weighted by molar-refractivity contribution is 5.94. The van der Waals surface area contributed by atoms with Crippen LogP contribution in [0.4, 0.5) is 8.78 Å². The topological polar surface area (TPSA) is 32.3 Å². The van der Waals surface area contributed by atoms with Crippen molar-refractivity contribution in [3.63, 3.8) is 0 Å². The maximum absolute atomic E-state index is 13.1. The third-order valence-electron chi connectivity index (χ3n) is 4.33. The number of benzene rings is 2. The Morgan fingerprint density at radius 3 is 2.67 bits per heavy atom. The van der Waals surface area contributed by atoms with Crippen molar-refractivity contribution in [2.45, 2.75) is 19.4 Å². The minimum atomic E-state index is -1.00. The average molecular weight is 330 g/mol. The van der Waals surface area contributed by atoms with E-state index in [9.17, 15) is 13.6 Å². The molecule has 1 heterocycles. The lowest BCUT2D eigenvalue weighted by Crippen LogP contribution is -2.33. The van der Waals surface area contributed by atoms with Gasteiger partial charge in [-0.1, -0.05) is 24.3 Å². The second-order valence-corrected chi connectivity index (χ2v) is 6.03. The Bertz CT molecular complexity index is 733. The number of halogens is 2. The summed E-state index contributed by atoms with van der Waals surface area (Å²) in [6, 6.07) is 11.6. The molecule has 126 valence electrons. The number of hydrogen-bond donors (Lipinski definition) is 1. The molecule has 0 aliphatic carbocycles. The summed E-state index contributed by atoms with van der Waals surface area (Å²) in [4.78, 5) is 14.3. The molecule has 5 heteroatoms. The van der Waals surface area contributed by atoms with Gasteiger partial charge in [-0.25, -0.2) is 8.78 Å². The summed E-state index contributed by atoms with van der Waals surface area (Å²) in [7, 11) is 0. The molecule has 2 aromatic carbocycles. The molecule has 0 spiro atoms. The van der Waals surface area contributed by atoms with Crippen LogP contribution in [-0.2, 0) is 13.0 Å². The number of rotatable bonds is 5. The first-order valence-corrected chi connectivity index (χ1v) is 8.16. The van der Waals surface area contributed by atoms with Crippen molar-refractivity contribution in [1.82, 2.24) is 10.2 Å². The van der Waals surface area contributed by atoms with Crippen LogP contribution >= 0.6 is 0 Å². The van der Waals surface area contributed by atoms with Crippen LogP contribution in [-0.4, -0.2) is 30.4 Å². The first-order chi connectivity index (χ1) is 11.6. The van der Waals surface area contributed by atoms with Crippen LogP contribution in [0, 0.1) is 11.6 Å². The van der Waals surface area contributed by atoms with Crippen molar-refractivity contribution in [2.75, 3.05) is 19.6 Å². The summed E-state index contributed by atoms with van der Waals surface area (Å²) >= 11 is 0. The Morgan fingerprint density at radius 1 is 1.08 bits per heavy atom.